The first kappa shape index (κ1) is 23.3. The molecule has 0 bridgehead atoms. The van der Waals surface area contributed by atoms with E-state index in [0.717, 1.165) is 37.2 Å². The summed E-state index contributed by atoms with van der Waals surface area (Å²) < 4.78 is 2.30. The van der Waals surface area contributed by atoms with Crippen LogP contribution >= 0.6 is 22.9 Å². The van der Waals surface area contributed by atoms with E-state index in [0.29, 0.717) is 18.1 Å². The number of benzene rings is 2. The molecule has 1 N–H and O–H groups in total. The van der Waals surface area contributed by atoms with E-state index in [1.165, 1.54) is 26.6 Å². The molecule has 0 fully saturated rings. The molecule has 36 heavy (non-hydrogen) atoms. The summed E-state index contributed by atoms with van der Waals surface area (Å²) in [5.74, 6) is 0. The van der Waals surface area contributed by atoms with Gasteiger partial charge in [0.1, 0.15) is 5.00 Å². The zero-order valence-corrected chi connectivity index (χ0v) is 21.9. The number of nitrogens with one attached hydrogen (secondary N) is 1. The van der Waals surface area contributed by atoms with Crippen molar-refractivity contribution in [1.29, 1.82) is 0 Å². The van der Waals surface area contributed by atoms with Crippen LogP contribution in [0.2, 0.25) is 5.02 Å². The van der Waals surface area contributed by atoms with Crippen LogP contribution in [0, 0.1) is 0 Å². The van der Waals surface area contributed by atoms with Crippen molar-refractivity contribution in [1.82, 2.24) is 19.7 Å². The number of urea groups is 1. The number of halogens is 1. The maximum atomic E-state index is 13.8. The van der Waals surface area contributed by atoms with Gasteiger partial charge in [0.05, 0.1) is 18.3 Å². The Hall–Kier alpha value is -3.06. The average Bonchev–Trinajstić information content (AvgIpc) is 3.47. The lowest BCUT2D eigenvalue weighted by Crippen LogP contribution is -2.42. The molecular formula is C29H29ClN4OS. The number of hydrogen-bond donors (Lipinski definition) is 1. The highest BCUT2D eigenvalue weighted by atomic mass is 35.5. The smallest absolute Gasteiger partial charge is 0.318 e. The number of amides is 2. The van der Waals surface area contributed by atoms with Crippen molar-refractivity contribution < 1.29 is 4.79 Å². The topological polar surface area (TPSA) is 40.5 Å². The quantitative estimate of drug-likeness (QED) is 0.359. The maximum absolute atomic E-state index is 13.8. The number of rotatable bonds is 4. The van der Waals surface area contributed by atoms with Gasteiger partial charge in [-0.1, -0.05) is 54.1 Å². The summed E-state index contributed by atoms with van der Waals surface area (Å²) in [5.41, 5.74) is 6.08. The summed E-state index contributed by atoms with van der Waals surface area (Å²) in [6.07, 6.45) is 3.96. The van der Waals surface area contributed by atoms with Crippen LogP contribution in [0.5, 0.6) is 0 Å². The molecule has 2 amide bonds. The minimum absolute atomic E-state index is 0.0423. The second-order valence-corrected chi connectivity index (χ2v) is 11.1. The van der Waals surface area contributed by atoms with Crippen molar-refractivity contribution >= 4 is 29.0 Å². The maximum Gasteiger partial charge on any atom is 0.318 e. The van der Waals surface area contributed by atoms with Crippen LogP contribution in [0.4, 0.5) is 4.79 Å². The van der Waals surface area contributed by atoms with E-state index in [1.54, 1.807) is 0 Å². The number of hydrogen-bond acceptors (Lipinski definition) is 3. The number of likely N-dealkylation sites (N-methyl/N-ethyl adjacent to an activating group) is 1. The van der Waals surface area contributed by atoms with E-state index in [2.05, 4.69) is 52.3 Å². The second-order valence-electron chi connectivity index (χ2n) is 9.63. The van der Waals surface area contributed by atoms with Crippen LogP contribution in [0.15, 0.2) is 72.9 Å². The first-order valence-corrected chi connectivity index (χ1v) is 13.6. The summed E-state index contributed by atoms with van der Waals surface area (Å²) in [6.45, 7) is 3.18. The Morgan fingerprint density at radius 2 is 1.83 bits per heavy atom. The molecule has 0 saturated heterocycles. The number of thiophene rings is 1. The van der Waals surface area contributed by atoms with Crippen molar-refractivity contribution in [3.05, 3.63) is 111 Å². The van der Waals surface area contributed by atoms with Crippen LogP contribution in [0.1, 0.15) is 38.9 Å². The van der Waals surface area contributed by atoms with E-state index >= 15 is 0 Å². The molecule has 2 aromatic carbocycles. The summed E-state index contributed by atoms with van der Waals surface area (Å²) in [6, 6.07) is 22.2. The van der Waals surface area contributed by atoms with Gasteiger partial charge in [0.25, 0.3) is 0 Å². The molecule has 2 aromatic heterocycles. The molecule has 4 heterocycles. The molecule has 7 heteroatoms. The molecule has 0 radical (unpaired) electrons. The molecule has 184 valence electrons. The van der Waals surface area contributed by atoms with Gasteiger partial charge < -0.3 is 19.7 Å². The minimum Gasteiger partial charge on any atom is -0.338 e. The predicted octanol–water partition coefficient (Wildman–Crippen LogP) is 6.04. The zero-order chi connectivity index (χ0) is 24.6. The Labute approximate surface area is 220 Å². The van der Waals surface area contributed by atoms with E-state index in [1.807, 2.05) is 58.7 Å². The molecular weight excluding hydrogens is 488 g/mol. The molecule has 0 unspecified atom stereocenters. The van der Waals surface area contributed by atoms with Gasteiger partial charge in [-0.25, -0.2) is 4.79 Å². The first-order chi connectivity index (χ1) is 17.6. The van der Waals surface area contributed by atoms with E-state index in [-0.39, 0.29) is 12.1 Å². The summed E-state index contributed by atoms with van der Waals surface area (Å²) in [4.78, 5) is 19.7. The van der Waals surface area contributed by atoms with Crippen LogP contribution in [0.3, 0.4) is 0 Å². The largest absolute Gasteiger partial charge is 0.338 e. The third-order valence-corrected chi connectivity index (χ3v) is 8.74. The minimum atomic E-state index is -0.212. The number of fused-ring (bicyclic) bond motifs is 5. The predicted molar refractivity (Wildman–Crippen MR) is 146 cm³/mol. The number of aromatic nitrogens is 1. The van der Waals surface area contributed by atoms with Gasteiger partial charge in [0, 0.05) is 41.3 Å². The Balaban J connectivity index is 1.39. The normalized spacial score (nSPS) is 17.2. The molecule has 5 nitrogen and oxygen atoms in total. The molecule has 0 saturated carbocycles. The zero-order valence-electron chi connectivity index (χ0n) is 20.3. The lowest BCUT2D eigenvalue weighted by Gasteiger charge is -2.32. The molecule has 2 aliphatic rings. The van der Waals surface area contributed by atoms with Gasteiger partial charge >= 0.3 is 6.03 Å². The molecule has 1 atom stereocenters. The second kappa shape index (κ2) is 9.77. The van der Waals surface area contributed by atoms with E-state index < -0.39 is 0 Å². The highest BCUT2D eigenvalue weighted by molar-refractivity contribution is 7.15. The Morgan fingerprint density at radius 1 is 1.03 bits per heavy atom. The number of carbonyl (C=O) groups excluding carboxylic acids is 1. The lowest BCUT2D eigenvalue weighted by molar-refractivity contribution is 0.180. The van der Waals surface area contributed by atoms with E-state index in [9.17, 15) is 4.79 Å². The monoisotopic (exact) mass is 516 g/mol. The highest BCUT2D eigenvalue weighted by Crippen LogP contribution is 2.43. The van der Waals surface area contributed by atoms with Crippen LogP contribution in [-0.2, 0) is 25.9 Å². The van der Waals surface area contributed by atoms with Gasteiger partial charge in [-0.2, -0.15) is 0 Å². The first-order valence-electron chi connectivity index (χ1n) is 12.4. The molecule has 4 aromatic rings. The van der Waals surface area contributed by atoms with E-state index in [4.69, 9.17) is 11.6 Å². The van der Waals surface area contributed by atoms with Crippen LogP contribution in [-0.4, -0.2) is 40.5 Å². The van der Waals surface area contributed by atoms with Gasteiger partial charge in [-0.15, -0.1) is 11.3 Å². The molecule has 6 rings (SSSR count). The fraction of sp³-hybridized carbons (Fsp3) is 0.276. The standard InChI is InChI=1S/C29H29ClN4OS/c1-32-17-14-23-24-18-34(29(35)31-15-13-20-6-3-2-4-7-20)27(21-9-11-22(30)12-10-21)25-8-5-16-33(25)28(24)36-26(23)19-32/h2-12,16,27H,13-15,17-19H2,1H3,(H,31,35)/t27-/m0/s1. The fourth-order valence-corrected chi connectivity index (χ4v) is 6.98. The van der Waals surface area contributed by atoms with Crippen LogP contribution in [0.25, 0.3) is 5.00 Å². The lowest BCUT2D eigenvalue weighted by atomic mass is 10.0. The fourth-order valence-electron chi connectivity index (χ4n) is 5.41. The Morgan fingerprint density at radius 3 is 2.64 bits per heavy atom. The number of carbonyl (C=O) groups is 1. The Bertz CT molecular complexity index is 1380. The average molecular weight is 517 g/mol. The van der Waals surface area contributed by atoms with Gasteiger partial charge in [0.15, 0.2) is 0 Å². The van der Waals surface area contributed by atoms with Crippen LogP contribution < -0.4 is 5.32 Å². The highest BCUT2D eigenvalue weighted by Gasteiger charge is 2.36. The van der Waals surface area contributed by atoms with Crippen molar-refractivity contribution in [3.63, 3.8) is 0 Å². The third kappa shape index (κ3) is 4.34. The SMILES string of the molecule is CN1CCc2c(sc3c2CN(C(=O)NCCc2ccccc2)[C@@H](c2ccc(Cl)cc2)c2cccn2-3)C1. The van der Waals surface area contributed by atoms with Crippen molar-refractivity contribution in [2.45, 2.75) is 32.0 Å². The van der Waals surface area contributed by atoms with Gasteiger partial charge in [-0.3, -0.25) is 0 Å². The van der Waals surface area contributed by atoms with Crippen molar-refractivity contribution in [3.8, 4) is 5.00 Å². The van der Waals surface area contributed by atoms with Gasteiger partial charge in [0.2, 0.25) is 0 Å². The summed E-state index contributed by atoms with van der Waals surface area (Å²) >= 11 is 8.11. The summed E-state index contributed by atoms with van der Waals surface area (Å²) in [7, 11) is 2.18. The molecule has 2 aliphatic heterocycles. The van der Waals surface area contributed by atoms with Crippen molar-refractivity contribution in [2.75, 3.05) is 20.1 Å². The van der Waals surface area contributed by atoms with Gasteiger partial charge in [-0.05, 0) is 60.8 Å². The Kier molecular flexibility index (Phi) is 6.34. The molecule has 0 aliphatic carbocycles. The number of nitrogens with zero attached hydrogens (tertiary/aromatic N) is 3. The molecule has 0 spiro atoms. The summed E-state index contributed by atoms with van der Waals surface area (Å²) in [5, 5.41) is 5.16. The van der Waals surface area contributed by atoms with Crippen molar-refractivity contribution in [2.24, 2.45) is 0 Å². The third-order valence-electron chi connectivity index (χ3n) is 7.23.